The van der Waals surface area contributed by atoms with Gasteiger partial charge in [-0.1, -0.05) is 24.3 Å². The van der Waals surface area contributed by atoms with Crippen molar-refractivity contribution in [2.75, 3.05) is 31.8 Å². The number of carbonyl (C=O) groups is 1. The Morgan fingerprint density at radius 2 is 1.86 bits per heavy atom. The molecule has 1 aliphatic rings. The van der Waals surface area contributed by atoms with Crippen LogP contribution in [0.3, 0.4) is 0 Å². The maximum atomic E-state index is 13.3. The Morgan fingerprint density at radius 3 is 2.47 bits per heavy atom. The Balaban J connectivity index is 1.74. The predicted molar refractivity (Wildman–Crippen MR) is 147 cm³/mol. The number of hydrogen-bond donors (Lipinski definition) is 2. The lowest BCUT2D eigenvalue weighted by Gasteiger charge is -2.24. The molecule has 0 radical (unpaired) electrons. The molecule has 0 aliphatic carbocycles. The van der Waals surface area contributed by atoms with E-state index in [9.17, 15) is 4.79 Å². The first-order chi connectivity index (χ1) is 17.1. The molecule has 2 N–H and O–H groups in total. The summed E-state index contributed by atoms with van der Waals surface area (Å²) in [5.74, 6) is -0.177. The molecule has 0 unspecified atom stereocenters. The minimum absolute atomic E-state index is 0.177. The molecule has 0 bridgehead atoms. The first-order valence-corrected chi connectivity index (χ1v) is 12.0. The van der Waals surface area contributed by atoms with E-state index in [1.807, 2.05) is 77.3 Å². The van der Waals surface area contributed by atoms with E-state index in [1.165, 1.54) is 5.56 Å². The number of anilines is 2. The summed E-state index contributed by atoms with van der Waals surface area (Å²) in [5, 5.41) is 6.51. The van der Waals surface area contributed by atoms with Crippen LogP contribution in [0.15, 0.2) is 67.0 Å². The molecule has 0 saturated heterocycles. The number of carbonyl (C=O) groups excluding carboxylic acids is 1. The zero-order chi connectivity index (χ0) is 25.9. The fourth-order valence-corrected chi connectivity index (χ4v) is 4.15. The topological polar surface area (TPSA) is 75.7 Å². The molecule has 2 aromatic carbocycles. The molecule has 0 atom stereocenters. The maximum Gasteiger partial charge on any atom is 0.494 e. The van der Waals surface area contributed by atoms with Gasteiger partial charge < -0.3 is 24.8 Å². The van der Waals surface area contributed by atoms with Gasteiger partial charge in [0.1, 0.15) is 0 Å². The van der Waals surface area contributed by atoms with Crippen molar-refractivity contribution in [1.29, 1.82) is 0 Å². The summed E-state index contributed by atoms with van der Waals surface area (Å²) in [6.45, 7) is 6.80. The lowest BCUT2D eigenvalue weighted by atomic mass is 9.77. The summed E-state index contributed by atoms with van der Waals surface area (Å²) >= 11 is 0. The van der Waals surface area contributed by atoms with Crippen molar-refractivity contribution >= 4 is 41.1 Å². The number of amides is 1. The van der Waals surface area contributed by atoms with Crippen molar-refractivity contribution in [2.45, 2.75) is 32.9 Å². The van der Waals surface area contributed by atoms with Gasteiger partial charge in [-0.2, -0.15) is 0 Å². The Bertz CT molecular complexity index is 1250. The van der Waals surface area contributed by atoms with Gasteiger partial charge in [-0.25, -0.2) is 0 Å². The van der Waals surface area contributed by atoms with Gasteiger partial charge in [0.05, 0.1) is 11.3 Å². The maximum absolute atomic E-state index is 13.3. The number of aromatic nitrogens is 1. The standard InChI is InChI=1S/C28H33BN4O3/c1-28(2,3)36-29(35-6)21-11-14-23-24(16-21)32-27(34)25(23)26(20-8-7-15-30-17-20)31-22-12-9-19(10-13-22)18-33(4)5/h7-17,31H,18H2,1-6H3,(H,32,34)/b26-25-. The largest absolute Gasteiger partial charge is 0.494 e. The molecule has 8 heteroatoms. The van der Waals surface area contributed by atoms with Gasteiger partial charge in [0.2, 0.25) is 0 Å². The van der Waals surface area contributed by atoms with Crippen molar-refractivity contribution in [2.24, 2.45) is 0 Å². The van der Waals surface area contributed by atoms with Crippen LogP contribution in [0.5, 0.6) is 0 Å². The molecular weight excluding hydrogens is 451 g/mol. The third-order valence-corrected chi connectivity index (χ3v) is 5.66. The summed E-state index contributed by atoms with van der Waals surface area (Å²) in [7, 11) is 5.16. The molecule has 1 amide bonds. The van der Waals surface area contributed by atoms with Crippen LogP contribution >= 0.6 is 0 Å². The van der Waals surface area contributed by atoms with Crippen LogP contribution in [-0.2, 0) is 20.6 Å². The lowest BCUT2D eigenvalue weighted by molar-refractivity contribution is -0.110. The van der Waals surface area contributed by atoms with Gasteiger partial charge in [0.25, 0.3) is 5.91 Å². The van der Waals surface area contributed by atoms with Crippen LogP contribution in [-0.4, -0.2) is 49.7 Å². The zero-order valence-electron chi connectivity index (χ0n) is 21.8. The molecule has 1 aliphatic heterocycles. The Hall–Kier alpha value is -3.46. The third kappa shape index (κ3) is 6.02. The van der Waals surface area contributed by atoms with E-state index in [1.54, 1.807) is 19.5 Å². The normalized spacial score (nSPS) is 14.5. The smallest absolute Gasteiger partial charge is 0.410 e. The second kappa shape index (κ2) is 10.7. The number of fused-ring (bicyclic) bond motifs is 1. The highest BCUT2D eigenvalue weighted by atomic mass is 16.6. The lowest BCUT2D eigenvalue weighted by Crippen LogP contribution is -2.42. The molecule has 0 spiro atoms. The molecular formula is C28H33BN4O3. The minimum Gasteiger partial charge on any atom is -0.410 e. The van der Waals surface area contributed by atoms with Gasteiger partial charge in [0.15, 0.2) is 0 Å². The Kier molecular flexibility index (Phi) is 7.59. The first kappa shape index (κ1) is 25.6. The van der Waals surface area contributed by atoms with Crippen molar-refractivity contribution < 1.29 is 14.1 Å². The number of benzene rings is 2. The second-order valence-corrected chi connectivity index (χ2v) is 10.1. The van der Waals surface area contributed by atoms with Crippen LogP contribution in [0.2, 0.25) is 0 Å². The third-order valence-electron chi connectivity index (χ3n) is 5.66. The van der Waals surface area contributed by atoms with Gasteiger partial charge >= 0.3 is 7.12 Å². The molecule has 0 saturated carbocycles. The van der Waals surface area contributed by atoms with Crippen molar-refractivity contribution in [3.8, 4) is 0 Å². The average molecular weight is 484 g/mol. The van der Waals surface area contributed by atoms with Gasteiger partial charge in [-0.05, 0) is 76.2 Å². The van der Waals surface area contributed by atoms with E-state index >= 15 is 0 Å². The van der Waals surface area contributed by atoms with E-state index in [2.05, 4.69) is 32.7 Å². The van der Waals surface area contributed by atoms with Crippen LogP contribution in [0.25, 0.3) is 11.3 Å². The summed E-state index contributed by atoms with van der Waals surface area (Å²) < 4.78 is 11.6. The van der Waals surface area contributed by atoms with Crippen LogP contribution in [0.1, 0.15) is 37.5 Å². The summed E-state index contributed by atoms with van der Waals surface area (Å²) in [6, 6.07) is 17.8. The quantitative estimate of drug-likeness (QED) is 0.368. The van der Waals surface area contributed by atoms with Crippen LogP contribution in [0.4, 0.5) is 11.4 Å². The number of rotatable bonds is 8. The zero-order valence-corrected chi connectivity index (χ0v) is 21.8. The van der Waals surface area contributed by atoms with Gasteiger partial charge in [-0.3, -0.25) is 9.78 Å². The molecule has 7 nitrogen and oxygen atoms in total. The molecule has 36 heavy (non-hydrogen) atoms. The summed E-state index contributed by atoms with van der Waals surface area (Å²) in [6.07, 6.45) is 3.48. The van der Waals surface area contributed by atoms with Crippen molar-refractivity contribution in [3.05, 3.63) is 83.7 Å². The minimum atomic E-state index is -0.545. The van der Waals surface area contributed by atoms with Crippen LogP contribution < -0.4 is 16.1 Å². The summed E-state index contributed by atoms with van der Waals surface area (Å²) in [5.41, 5.74) is 6.16. The van der Waals surface area contributed by atoms with E-state index in [0.29, 0.717) is 11.3 Å². The fraction of sp³-hybridized carbons (Fsp3) is 0.286. The second-order valence-electron chi connectivity index (χ2n) is 10.1. The summed E-state index contributed by atoms with van der Waals surface area (Å²) in [4.78, 5) is 19.7. The Morgan fingerprint density at radius 1 is 1.11 bits per heavy atom. The molecule has 2 heterocycles. The van der Waals surface area contributed by atoms with Crippen LogP contribution in [0, 0.1) is 0 Å². The number of pyridine rings is 1. The van der Waals surface area contributed by atoms with Gasteiger partial charge in [-0.15, -0.1) is 0 Å². The Labute approximate surface area is 213 Å². The molecule has 4 rings (SSSR count). The molecule has 0 fully saturated rings. The highest BCUT2D eigenvalue weighted by Crippen LogP contribution is 2.37. The number of hydrogen-bond acceptors (Lipinski definition) is 6. The highest BCUT2D eigenvalue weighted by molar-refractivity contribution is 6.61. The fourth-order valence-electron chi connectivity index (χ4n) is 4.15. The highest BCUT2D eigenvalue weighted by Gasteiger charge is 2.32. The van der Waals surface area contributed by atoms with E-state index < -0.39 is 7.12 Å². The van der Waals surface area contributed by atoms with E-state index in [-0.39, 0.29) is 11.5 Å². The molecule has 186 valence electrons. The number of nitrogens with one attached hydrogen (secondary N) is 2. The average Bonchev–Trinajstić information content (AvgIpc) is 3.16. The van der Waals surface area contributed by atoms with Crippen molar-refractivity contribution in [1.82, 2.24) is 9.88 Å². The molecule has 3 aromatic rings. The van der Waals surface area contributed by atoms with E-state index in [0.717, 1.165) is 34.5 Å². The van der Waals surface area contributed by atoms with Gasteiger partial charge in [0, 0.05) is 54.2 Å². The van der Waals surface area contributed by atoms with Crippen molar-refractivity contribution in [3.63, 3.8) is 0 Å². The molecule has 1 aromatic heterocycles. The first-order valence-electron chi connectivity index (χ1n) is 12.0. The SMILES string of the molecule is COB(OC(C)(C)C)c1ccc2c(c1)NC(=O)/C2=C(\Nc1ccc(CN(C)C)cc1)c1cccnc1. The van der Waals surface area contributed by atoms with E-state index in [4.69, 9.17) is 9.31 Å². The predicted octanol–water partition coefficient (Wildman–Crippen LogP) is 4.23. The monoisotopic (exact) mass is 484 g/mol. The number of nitrogens with zero attached hydrogens (tertiary/aromatic N) is 2.